The number of nitrogens with zero attached hydrogens (tertiary/aromatic N) is 1. The number of hydrogen-bond acceptors (Lipinski definition) is 23. The molecule has 4 aromatic rings. The summed E-state index contributed by atoms with van der Waals surface area (Å²) >= 11 is 0. The Morgan fingerprint density at radius 2 is 1.19 bits per heavy atom. The molecule has 9 rings (SSSR count). The Morgan fingerprint density at radius 1 is 0.610 bits per heavy atom. The maximum atomic E-state index is 14.6. The van der Waals surface area contributed by atoms with Crippen LogP contribution in [0.3, 0.4) is 0 Å². The van der Waals surface area contributed by atoms with Gasteiger partial charge in [0.15, 0.2) is 24.7 Å². The van der Waals surface area contributed by atoms with Crippen LogP contribution in [0.25, 0.3) is 0 Å². The van der Waals surface area contributed by atoms with Crippen molar-refractivity contribution < 1.29 is 106 Å². The molecule has 5 aliphatic rings. The predicted octanol–water partition coefficient (Wildman–Crippen LogP) is 10.2. The summed E-state index contributed by atoms with van der Waals surface area (Å²) in [6.07, 6.45) is 7.11. The van der Waals surface area contributed by atoms with Crippen molar-refractivity contribution >= 4 is 29.5 Å². The number of aliphatic hydroxyl groups excluding tert-OH is 4. The van der Waals surface area contributed by atoms with Gasteiger partial charge in [-0.25, -0.2) is 4.79 Å². The lowest BCUT2D eigenvalue weighted by molar-refractivity contribution is -0.384. The normalized spacial score (nSPS) is 34.7. The number of benzene rings is 4. The number of methoxy groups -OCH3 is 4. The zero-order chi connectivity index (χ0) is 75.2. The van der Waals surface area contributed by atoms with E-state index < -0.39 is 151 Å². The van der Waals surface area contributed by atoms with Crippen LogP contribution in [-0.4, -0.2) is 175 Å². The molecule has 5 heterocycles. The Kier molecular flexibility index (Phi) is 30.1. The Morgan fingerprint density at radius 3 is 1.78 bits per heavy atom. The van der Waals surface area contributed by atoms with Crippen LogP contribution >= 0.6 is 0 Å². The van der Waals surface area contributed by atoms with Gasteiger partial charge in [-0.2, -0.15) is 0 Å². The number of fused-ring (bicyclic) bond motifs is 6. The Bertz CT molecular complexity index is 3670. The molecule has 5 aliphatic heterocycles. The maximum absolute atomic E-state index is 14.6. The van der Waals surface area contributed by atoms with Crippen molar-refractivity contribution in [2.24, 2.45) is 17.8 Å². The third-order valence-electron chi connectivity index (χ3n) is 19.5. The van der Waals surface area contributed by atoms with Crippen molar-refractivity contribution in [3.05, 3.63) is 221 Å². The molecule has 0 aliphatic carbocycles. The monoisotopic (exact) mass is 1450 g/mol. The molecule has 0 saturated carbocycles. The van der Waals surface area contributed by atoms with Gasteiger partial charge < -0.3 is 87.3 Å². The number of rotatable bonds is 14. The number of hydrogen-bond donors (Lipinski definition) is 5. The van der Waals surface area contributed by atoms with Crippen LogP contribution in [0.15, 0.2) is 188 Å². The van der Waals surface area contributed by atoms with E-state index >= 15 is 0 Å². The number of esters is 3. The molecular weight excluding hydrogens is 1360 g/mol. The highest BCUT2D eigenvalue weighted by molar-refractivity contribution is 5.90. The van der Waals surface area contributed by atoms with Crippen LogP contribution in [0.1, 0.15) is 119 Å². The Balaban J connectivity index is 1.08. The van der Waals surface area contributed by atoms with E-state index in [1.165, 1.54) is 26.4 Å². The number of carbonyl (C=O) groups is 4. The smallest absolute Gasteiger partial charge is 0.338 e. The van der Waals surface area contributed by atoms with E-state index in [1.54, 1.807) is 130 Å². The number of ether oxygens (including phenoxy) is 13. The lowest BCUT2D eigenvalue weighted by atomic mass is 9.82. The molecule has 25 heteroatoms. The molecule has 4 saturated heterocycles. The molecular formula is C80H98N2O23. The minimum absolute atomic E-state index is 0.0153. The SMILES string of the molecule is COC(=O)[C@@H]1[C@@H](OC(=O)c2ccc([N+](=O)[O-])cc2)C[C@@]2(OC)C[C@@H]3C[C@@H](OC(c4ccc(OC)cc4)O3)[C@H](O)CC[C@@H]3C[C@H](CC(=O)O[C@@H](C)[C@H](C)[C@H](O)[C@@H](C)/C=C/C=C/C=C/C=C/C=C/C=C/C=C/[C@H](O[C@@H]4O[C@H](C)[C@@H](O)[C@H](NC(=O)Cc5ccccc5)[C@@H]4O)C[C@@H]1O2)OC(c1ccc(OC)cc1)O3. The average molecular weight is 1460 g/mol. The van der Waals surface area contributed by atoms with Gasteiger partial charge in [0, 0.05) is 74.3 Å². The number of aliphatic hydroxyl groups is 4. The number of carbonyl (C=O) groups excluding carboxylic acids is 4. The van der Waals surface area contributed by atoms with Crippen LogP contribution in [0, 0.1) is 27.9 Å². The van der Waals surface area contributed by atoms with E-state index in [0.29, 0.717) is 28.2 Å². The first-order valence-electron chi connectivity index (χ1n) is 35.5. The van der Waals surface area contributed by atoms with Gasteiger partial charge in [-0.15, -0.1) is 0 Å². The van der Waals surface area contributed by atoms with Gasteiger partial charge in [0.2, 0.25) is 5.91 Å². The zero-order valence-electron chi connectivity index (χ0n) is 60.3. The summed E-state index contributed by atoms with van der Waals surface area (Å²) in [5.74, 6) is -5.73. The molecule has 4 aromatic carbocycles. The second-order valence-corrected chi connectivity index (χ2v) is 26.9. The van der Waals surface area contributed by atoms with Crippen molar-refractivity contribution in [1.29, 1.82) is 0 Å². The average Bonchev–Trinajstić information content (AvgIpc) is 0.768. The summed E-state index contributed by atoms with van der Waals surface area (Å²) in [6.45, 7) is 7.03. The highest BCUT2D eigenvalue weighted by Gasteiger charge is 2.55. The molecule has 25 nitrogen and oxygen atoms in total. The predicted molar refractivity (Wildman–Crippen MR) is 383 cm³/mol. The van der Waals surface area contributed by atoms with Gasteiger partial charge in [0.25, 0.3) is 5.69 Å². The fourth-order valence-corrected chi connectivity index (χ4v) is 13.4. The van der Waals surface area contributed by atoms with Crippen molar-refractivity contribution in [3.63, 3.8) is 0 Å². The first-order valence-corrected chi connectivity index (χ1v) is 35.5. The molecule has 105 heavy (non-hydrogen) atoms. The van der Waals surface area contributed by atoms with Crippen LogP contribution in [-0.2, 0) is 72.9 Å². The number of nitro benzene ring substituents is 1. The fraction of sp³-hybridized carbons (Fsp3) is 0.475. The number of cyclic esters (lactones) is 1. The van der Waals surface area contributed by atoms with E-state index in [0.717, 1.165) is 19.2 Å². The standard InChI is InChI=1S/C80H98N2O23/c1-49-24-20-17-15-13-11-9-10-12-14-16-18-23-27-60(100-79-74(88)71(73(87)52(4)98-79)81-68(84)42-53-25-21-19-22-26-53)44-66-70(76(90)95-7)67(103-75(89)54-28-34-57(35-29-54)82(91)92)48-80(96-8,105-66)47-63-45-65(104-78(102-63)56-32-38-59(94-6)39-33-56)64(83)41-40-61-43-62(46-69(85)97-51(3)50(2)72(49)86)101-77(99-61)55-30-36-58(93-5)37-31-55/h9-39,49-52,60-67,70-74,77-79,83,86-88H,40-48H2,1-8H3,(H,81,84)/b10-9+,13-11+,14-12+,17-15+,18-16+,24-20+,27-23+/t49-,50-,51-,52+,60-,61+,62+,63-,64+,65+,66-,67-,70-,71-,72+,73+,74-,77?,78?,79-,80+/m0/s1. The second-order valence-electron chi connectivity index (χ2n) is 26.9. The second kappa shape index (κ2) is 39.2. The summed E-state index contributed by atoms with van der Waals surface area (Å²) < 4.78 is 81.9. The summed E-state index contributed by atoms with van der Waals surface area (Å²) in [5.41, 5.74) is 1.52. The first-order chi connectivity index (χ1) is 50.6. The van der Waals surface area contributed by atoms with Crippen molar-refractivity contribution in [3.8, 4) is 11.5 Å². The molecule has 21 atom stereocenters. The van der Waals surface area contributed by atoms with Gasteiger partial charge >= 0.3 is 17.9 Å². The quantitative estimate of drug-likeness (QED) is 0.0339. The Labute approximate surface area is 612 Å². The molecule has 4 fully saturated rings. The molecule has 0 radical (unpaired) electrons. The van der Waals surface area contributed by atoms with Crippen LogP contribution in [0.2, 0.25) is 0 Å². The van der Waals surface area contributed by atoms with Gasteiger partial charge in [-0.3, -0.25) is 24.5 Å². The zero-order valence-corrected chi connectivity index (χ0v) is 60.3. The number of amides is 1. The molecule has 6 bridgehead atoms. The minimum atomic E-state index is -1.84. The molecule has 0 spiro atoms. The number of nitro groups is 1. The highest BCUT2D eigenvalue weighted by Crippen LogP contribution is 2.45. The van der Waals surface area contributed by atoms with Gasteiger partial charge in [-0.1, -0.05) is 154 Å². The summed E-state index contributed by atoms with van der Waals surface area (Å²) in [7, 11) is 5.62. The summed E-state index contributed by atoms with van der Waals surface area (Å²) in [4.78, 5) is 67.7. The van der Waals surface area contributed by atoms with Crippen molar-refractivity contribution in [2.75, 3.05) is 28.4 Å². The van der Waals surface area contributed by atoms with E-state index in [2.05, 4.69) is 5.32 Å². The Hall–Kier alpha value is -8.54. The van der Waals surface area contributed by atoms with Gasteiger partial charge in [0.05, 0.1) is 106 Å². The topological polar surface area (TPSA) is 324 Å². The summed E-state index contributed by atoms with van der Waals surface area (Å²) in [5, 5.41) is 62.1. The minimum Gasteiger partial charge on any atom is -0.497 e. The third-order valence-corrected chi connectivity index (χ3v) is 19.5. The molecule has 0 aromatic heterocycles. The van der Waals surface area contributed by atoms with Crippen LogP contribution in [0.4, 0.5) is 5.69 Å². The fourth-order valence-electron chi connectivity index (χ4n) is 13.4. The van der Waals surface area contributed by atoms with E-state index in [-0.39, 0.29) is 75.0 Å². The maximum Gasteiger partial charge on any atom is 0.338 e. The molecule has 2 unspecified atom stereocenters. The van der Waals surface area contributed by atoms with E-state index in [4.69, 9.17) is 61.6 Å². The highest BCUT2D eigenvalue weighted by atomic mass is 16.7. The number of allylic oxidation sites excluding steroid dienone is 12. The van der Waals surface area contributed by atoms with Gasteiger partial charge in [0.1, 0.15) is 41.8 Å². The van der Waals surface area contributed by atoms with Crippen LogP contribution in [0.5, 0.6) is 11.5 Å². The number of non-ortho nitro benzene ring substituents is 1. The van der Waals surface area contributed by atoms with E-state index in [9.17, 15) is 49.7 Å². The van der Waals surface area contributed by atoms with Gasteiger partial charge in [-0.05, 0) is 68.7 Å². The lowest BCUT2D eigenvalue weighted by Crippen LogP contribution is -2.64. The summed E-state index contributed by atoms with van der Waals surface area (Å²) in [6, 6.07) is 26.5. The lowest BCUT2D eigenvalue weighted by Gasteiger charge is -2.49. The van der Waals surface area contributed by atoms with Crippen molar-refractivity contribution in [2.45, 2.75) is 196 Å². The first kappa shape index (κ1) is 80.6. The van der Waals surface area contributed by atoms with Crippen LogP contribution < -0.4 is 14.8 Å². The molecule has 1 amide bonds. The van der Waals surface area contributed by atoms with Crippen molar-refractivity contribution in [1.82, 2.24) is 5.32 Å². The molecule has 566 valence electrons. The number of nitrogens with one attached hydrogen (secondary N) is 1. The third kappa shape index (κ3) is 22.7. The molecule has 5 N–H and O–H groups in total. The largest absolute Gasteiger partial charge is 0.497 e. The van der Waals surface area contributed by atoms with E-state index in [1.807, 2.05) is 68.5 Å².